The van der Waals surface area contributed by atoms with Gasteiger partial charge in [0.05, 0.1) is 17.2 Å². The van der Waals surface area contributed by atoms with Gasteiger partial charge in [0.2, 0.25) is 10.0 Å². The van der Waals surface area contributed by atoms with Crippen molar-refractivity contribution in [1.82, 2.24) is 19.7 Å². The second-order valence-electron chi connectivity index (χ2n) is 6.04. The normalized spacial score (nSPS) is 22.1. The van der Waals surface area contributed by atoms with Gasteiger partial charge in [-0.3, -0.25) is 0 Å². The number of nitrogens with one attached hydrogen (secondary N) is 2. The Kier molecular flexibility index (Phi) is 4.72. The fourth-order valence-corrected chi connectivity index (χ4v) is 4.02. The van der Waals surface area contributed by atoms with Crippen LogP contribution < -0.4 is 10.0 Å². The number of aromatic nitrogens is 3. The molecule has 2 N–H and O–H groups in total. The molecule has 0 aliphatic heterocycles. The molecule has 8 heteroatoms. The van der Waals surface area contributed by atoms with E-state index in [9.17, 15) is 8.42 Å². The lowest BCUT2D eigenvalue weighted by Gasteiger charge is -2.31. The summed E-state index contributed by atoms with van der Waals surface area (Å²) < 4.78 is 25.8. The van der Waals surface area contributed by atoms with E-state index in [1.807, 2.05) is 6.07 Å². The minimum atomic E-state index is -3.19. The Morgan fingerprint density at radius 3 is 2.91 bits per heavy atom. The number of fused-ring (bicyclic) bond motifs is 1. The average molecular weight is 335 g/mol. The summed E-state index contributed by atoms with van der Waals surface area (Å²) in [6.07, 6.45) is 10.3. The zero-order valence-corrected chi connectivity index (χ0v) is 13.9. The highest BCUT2D eigenvalue weighted by Gasteiger charge is 2.27. The Bertz CT molecular complexity index is 775. The van der Waals surface area contributed by atoms with Gasteiger partial charge in [0, 0.05) is 25.0 Å². The Labute approximate surface area is 136 Å². The Morgan fingerprint density at radius 2 is 2.09 bits per heavy atom. The number of pyridine rings is 1. The second-order valence-corrected chi connectivity index (χ2v) is 7.82. The topological polar surface area (TPSA) is 96.9 Å². The second kappa shape index (κ2) is 6.76. The SMILES string of the molecule is CS(=O)(=O)NC1CCCCC1CNc1nccc2ncncc12. The van der Waals surface area contributed by atoms with Crippen LogP contribution in [0.15, 0.2) is 24.8 Å². The molecular formula is C15H21N5O2S. The molecule has 1 fully saturated rings. The average Bonchev–Trinajstić information content (AvgIpc) is 2.52. The summed E-state index contributed by atoms with van der Waals surface area (Å²) in [5.41, 5.74) is 0.840. The third-order valence-electron chi connectivity index (χ3n) is 4.24. The summed E-state index contributed by atoms with van der Waals surface area (Å²) in [6.45, 7) is 0.675. The van der Waals surface area contributed by atoms with Gasteiger partial charge in [0.15, 0.2) is 0 Å². The molecule has 0 radical (unpaired) electrons. The largest absolute Gasteiger partial charge is 0.369 e. The number of sulfonamides is 1. The maximum Gasteiger partial charge on any atom is 0.208 e. The van der Waals surface area contributed by atoms with Crippen molar-refractivity contribution in [2.24, 2.45) is 5.92 Å². The molecule has 0 bridgehead atoms. The quantitative estimate of drug-likeness (QED) is 0.860. The van der Waals surface area contributed by atoms with E-state index in [0.717, 1.165) is 42.4 Å². The van der Waals surface area contributed by atoms with Crippen molar-refractivity contribution in [1.29, 1.82) is 0 Å². The maximum atomic E-state index is 11.5. The molecule has 0 amide bonds. The number of hydrogen-bond donors (Lipinski definition) is 2. The van der Waals surface area contributed by atoms with Crippen LogP contribution in [0.5, 0.6) is 0 Å². The molecule has 0 aromatic carbocycles. The monoisotopic (exact) mass is 335 g/mol. The van der Waals surface area contributed by atoms with E-state index in [4.69, 9.17) is 0 Å². The molecule has 1 saturated carbocycles. The minimum absolute atomic E-state index is 0.0162. The van der Waals surface area contributed by atoms with Crippen LogP contribution in [-0.4, -0.2) is 42.2 Å². The maximum absolute atomic E-state index is 11.5. The van der Waals surface area contributed by atoms with Crippen molar-refractivity contribution in [3.05, 3.63) is 24.8 Å². The molecular weight excluding hydrogens is 314 g/mol. The highest BCUT2D eigenvalue weighted by atomic mass is 32.2. The van der Waals surface area contributed by atoms with E-state index >= 15 is 0 Å². The van der Waals surface area contributed by atoms with E-state index in [-0.39, 0.29) is 12.0 Å². The van der Waals surface area contributed by atoms with Crippen LogP contribution in [0.2, 0.25) is 0 Å². The van der Waals surface area contributed by atoms with Crippen LogP contribution in [0.25, 0.3) is 10.9 Å². The molecule has 124 valence electrons. The first-order chi connectivity index (χ1) is 11.0. The van der Waals surface area contributed by atoms with Crippen molar-refractivity contribution in [2.45, 2.75) is 31.7 Å². The Balaban J connectivity index is 1.72. The molecule has 7 nitrogen and oxygen atoms in total. The molecule has 1 aliphatic rings. The van der Waals surface area contributed by atoms with Gasteiger partial charge < -0.3 is 5.32 Å². The van der Waals surface area contributed by atoms with Crippen molar-refractivity contribution < 1.29 is 8.42 Å². The van der Waals surface area contributed by atoms with Crippen molar-refractivity contribution in [3.8, 4) is 0 Å². The first kappa shape index (κ1) is 16.1. The predicted molar refractivity (Wildman–Crippen MR) is 89.5 cm³/mol. The zero-order valence-electron chi connectivity index (χ0n) is 13.1. The van der Waals surface area contributed by atoms with Gasteiger partial charge >= 0.3 is 0 Å². The molecule has 1 aliphatic carbocycles. The van der Waals surface area contributed by atoms with Crippen LogP contribution in [0.4, 0.5) is 5.82 Å². The molecule has 23 heavy (non-hydrogen) atoms. The molecule has 0 spiro atoms. The zero-order chi connectivity index (χ0) is 16.3. The van der Waals surface area contributed by atoms with Gasteiger partial charge in [-0.25, -0.2) is 28.1 Å². The minimum Gasteiger partial charge on any atom is -0.369 e. The van der Waals surface area contributed by atoms with Crippen LogP contribution in [-0.2, 0) is 10.0 Å². The Morgan fingerprint density at radius 1 is 1.26 bits per heavy atom. The first-order valence-electron chi connectivity index (χ1n) is 7.79. The fraction of sp³-hybridized carbons (Fsp3) is 0.533. The van der Waals surface area contributed by atoms with E-state index in [0.29, 0.717) is 6.54 Å². The summed E-state index contributed by atoms with van der Waals surface area (Å²) in [7, 11) is -3.19. The predicted octanol–water partition coefficient (Wildman–Crippen LogP) is 1.54. The summed E-state index contributed by atoms with van der Waals surface area (Å²) in [4.78, 5) is 12.6. The van der Waals surface area contributed by atoms with E-state index < -0.39 is 10.0 Å². The molecule has 2 unspecified atom stereocenters. The van der Waals surface area contributed by atoms with Crippen molar-refractivity contribution in [2.75, 3.05) is 18.1 Å². The van der Waals surface area contributed by atoms with Crippen molar-refractivity contribution >= 4 is 26.7 Å². The van der Waals surface area contributed by atoms with Gasteiger partial charge in [0.1, 0.15) is 12.1 Å². The van der Waals surface area contributed by atoms with Crippen molar-refractivity contribution in [3.63, 3.8) is 0 Å². The number of nitrogens with zero attached hydrogens (tertiary/aromatic N) is 3. The molecule has 2 atom stereocenters. The van der Waals surface area contributed by atoms with Crippen LogP contribution >= 0.6 is 0 Å². The fourth-order valence-electron chi connectivity index (χ4n) is 3.16. The highest BCUT2D eigenvalue weighted by molar-refractivity contribution is 7.88. The summed E-state index contributed by atoms with van der Waals surface area (Å²) in [5, 5.41) is 4.22. The molecule has 3 rings (SSSR count). The van der Waals surface area contributed by atoms with Crippen LogP contribution in [0, 0.1) is 5.92 Å². The van der Waals surface area contributed by atoms with E-state index in [1.165, 1.54) is 12.6 Å². The van der Waals surface area contributed by atoms with Gasteiger partial charge in [-0.2, -0.15) is 0 Å². The number of anilines is 1. The summed E-state index contributed by atoms with van der Waals surface area (Å²) >= 11 is 0. The lowest BCUT2D eigenvalue weighted by molar-refractivity contribution is 0.302. The van der Waals surface area contributed by atoms with E-state index in [2.05, 4.69) is 25.0 Å². The lowest BCUT2D eigenvalue weighted by atomic mass is 9.85. The molecule has 0 saturated heterocycles. The molecule has 2 aromatic rings. The van der Waals surface area contributed by atoms with E-state index in [1.54, 1.807) is 12.4 Å². The third kappa shape index (κ3) is 4.14. The lowest BCUT2D eigenvalue weighted by Crippen LogP contribution is -2.44. The standard InChI is InChI=1S/C15H21N5O2S/c1-23(21,22)20-13-5-3-2-4-11(13)8-18-15-12-9-16-10-19-14(12)6-7-17-15/h6-7,9-11,13,20H,2-5,8H2,1H3,(H,17,18). The molecule has 2 aromatic heterocycles. The third-order valence-corrected chi connectivity index (χ3v) is 4.97. The molecule has 2 heterocycles. The van der Waals surface area contributed by atoms with Gasteiger partial charge in [0.25, 0.3) is 0 Å². The number of hydrogen-bond acceptors (Lipinski definition) is 6. The van der Waals surface area contributed by atoms with Gasteiger partial charge in [-0.05, 0) is 24.8 Å². The number of rotatable bonds is 5. The first-order valence-corrected chi connectivity index (χ1v) is 9.68. The smallest absolute Gasteiger partial charge is 0.208 e. The van der Waals surface area contributed by atoms with Gasteiger partial charge in [-0.1, -0.05) is 12.8 Å². The van der Waals surface area contributed by atoms with Gasteiger partial charge in [-0.15, -0.1) is 0 Å². The highest BCUT2D eigenvalue weighted by Crippen LogP contribution is 2.26. The summed E-state index contributed by atoms with van der Waals surface area (Å²) in [6, 6.07) is 1.83. The van der Waals surface area contributed by atoms with Crippen LogP contribution in [0.3, 0.4) is 0 Å². The van der Waals surface area contributed by atoms with Crippen LogP contribution in [0.1, 0.15) is 25.7 Å². The summed E-state index contributed by atoms with van der Waals surface area (Å²) in [5.74, 6) is 0.993. The Hall–Kier alpha value is -1.80.